The highest BCUT2D eigenvalue weighted by atomic mass is 16.6. The molecule has 0 spiro atoms. The van der Waals surface area contributed by atoms with Crippen molar-refractivity contribution in [2.45, 2.75) is 39.9 Å². The predicted octanol–water partition coefficient (Wildman–Crippen LogP) is 3.93. The number of hydrogen-bond acceptors (Lipinski definition) is 6. The van der Waals surface area contributed by atoms with Crippen LogP contribution in [0.4, 0.5) is 5.69 Å². The van der Waals surface area contributed by atoms with Crippen LogP contribution in [0.25, 0.3) is 0 Å². The van der Waals surface area contributed by atoms with Crippen LogP contribution < -0.4 is 14.9 Å². The number of hydrazone groups is 1. The Balaban J connectivity index is 2.15. The topological polar surface area (TPSA) is 103 Å². The lowest BCUT2D eigenvalue weighted by Gasteiger charge is -2.15. The highest BCUT2D eigenvalue weighted by molar-refractivity contribution is 5.95. The second-order valence-electron chi connectivity index (χ2n) is 6.54. The smallest absolute Gasteiger partial charge is 0.271 e. The van der Waals surface area contributed by atoms with Crippen molar-refractivity contribution in [3.8, 4) is 11.5 Å². The summed E-state index contributed by atoms with van der Waals surface area (Å²) in [5.74, 6) is 0.691. The summed E-state index contributed by atoms with van der Waals surface area (Å²) in [7, 11) is 0. The largest absolute Gasteiger partial charge is 0.491 e. The van der Waals surface area contributed by atoms with Crippen molar-refractivity contribution in [1.82, 2.24) is 5.43 Å². The molecular weight excluding hydrogens is 362 g/mol. The van der Waals surface area contributed by atoms with Gasteiger partial charge in [-0.2, -0.15) is 5.10 Å². The van der Waals surface area contributed by atoms with E-state index in [0.717, 1.165) is 0 Å². The normalized spacial score (nSPS) is 11.1. The van der Waals surface area contributed by atoms with Crippen molar-refractivity contribution >= 4 is 17.8 Å². The van der Waals surface area contributed by atoms with E-state index in [4.69, 9.17) is 9.47 Å². The highest BCUT2D eigenvalue weighted by Gasteiger charge is 2.11. The van der Waals surface area contributed by atoms with Gasteiger partial charge < -0.3 is 9.47 Å². The first-order valence-electron chi connectivity index (χ1n) is 8.81. The van der Waals surface area contributed by atoms with Crippen LogP contribution in [0.1, 0.15) is 43.6 Å². The molecule has 0 heterocycles. The lowest BCUT2D eigenvalue weighted by atomic mass is 10.2. The third-order valence-corrected chi connectivity index (χ3v) is 3.41. The number of nitrogens with one attached hydrogen (secondary N) is 1. The molecule has 1 amide bonds. The van der Waals surface area contributed by atoms with Crippen molar-refractivity contribution in [3.63, 3.8) is 0 Å². The van der Waals surface area contributed by atoms with Gasteiger partial charge >= 0.3 is 0 Å². The number of rotatable bonds is 8. The molecule has 0 atom stereocenters. The first-order chi connectivity index (χ1) is 13.3. The van der Waals surface area contributed by atoms with Crippen molar-refractivity contribution in [2.75, 3.05) is 0 Å². The Morgan fingerprint density at radius 1 is 1.11 bits per heavy atom. The van der Waals surface area contributed by atoms with E-state index in [0.29, 0.717) is 17.1 Å². The lowest BCUT2D eigenvalue weighted by Crippen LogP contribution is -2.18. The van der Waals surface area contributed by atoms with Crippen LogP contribution in [0.3, 0.4) is 0 Å². The molecule has 28 heavy (non-hydrogen) atoms. The van der Waals surface area contributed by atoms with Gasteiger partial charge in [0, 0.05) is 29.3 Å². The van der Waals surface area contributed by atoms with E-state index in [9.17, 15) is 14.9 Å². The molecule has 2 rings (SSSR count). The van der Waals surface area contributed by atoms with E-state index in [1.165, 1.54) is 30.5 Å². The molecule has 1 N–H and O–H groups in total. The molecule has 0 bridgehead atoms. The van der Waals surface area contributed by atoms with Crippen molar-refractivity contribution in [3.05, 3.63) is 63.7 Å². The van der Waals surface area contributed by atoms with Crippen molar-refractivity contribution < 1.29 is 19.2 Å². The van der Waals surface area contributed by atoms with Crippen LogP contribution in [-0.2, 0) is 0 Å². The Hall–Kier alpha value is -3.42. The molecule has 0 saturated carbocycles. The van der Waals surface area contributed by atoms with Gasteiger partial charge in [-0.1, -0.05) is 6.07 Å². The molecular formula is C20H23N3O5. The van der Waals surface area contributed by atoms with Crippen LogP contribution in [0.5, 0.6) is 11.5 Å². The molecule has 8 heteroatoms. The van der Waals surface area contributed by atoms with Crippen LogP contribution >= 0.6 is 0 Å². The van der Waals surface area contributed by atoms with E-state index in [1.54, 1.807) is 18.2 Å². The minimum Gasteiger partial charge on any atom is -0.491 e. The van der Waals surface area contributed by atoms with Gasteiger partial charge in [0.2, 0.25) is 0 Å². The Labute approximate surface area is 163 Å². The molecule has 0 unspecified atom stereocenters. The zero-order valence-electron chi connectivity index (χ0n) is 16.2. The molecule has 0 aliphatic carbocycles. The average molecular weight is 385 g/mol. The Morgan fingerprint density at radius 2 is 1.82 bits per heavy atom. The summed E-state index contributed by atoms with van der Waals surface area (Å²) in [6.45, 7) is 7.67. The SMILES string of the molecule is CC(C)Oc1ccc(/C=N/NC(=O)c2cccc([N+](=O)[O-])c2)c(OC(C)C)c1. The second-order valence-corrected chi connectivity index (χ2v) is 6.54. The predicted molar refractivity (Wildman–Crippen MR) is 106 cm³/mol. The number of nitro benzene ring substituents is 1. The van der Waals surface area contributed by atoms with Crippen LogP contribution in [0, 0.1) is 10.1 Å². The van der Waals surface area contributed by atoms with E-state index < -0.39 is 10.8 Å². The number of carbonyl (C=O) groups is 1. The minimum absolute atomic E-state index is 0.0284. The Kier molecular flexibility index (Phi) is 7.08. The fourth-order valence-corrected chi connectivity index (χ4v) is 2.31. The van der Waals surface area contributed by atoms with Gasteiger partial charge in [-0.15, -0.1) is 0 Å². The molecule has 0 aliphatic heterocycles. The molecule has 8 nitrogen and oxygen atoms in total. The first-order valence-corrected chi connectivity index (χ1v) is 8.81. The Morgan fingerprint density at radius 3 is 2.46 bits per heavy atom. The molecule has 0 aliphatic rings. The third-order valence-electron chi connectivity index (χ3n) is 3.41. The molecule has 148 valence electrons. The average Bonchev–Trinajstić information content (AvgIpc) is 2.62. The summed E-state index contributed by atoms with van der Waals surface area (Å²) in [5, 5.41) is 14.8. The molecule has 0 aromatic heterocycles. The van der Waals surface area contributed by atoms with Crippen molar-refractivity contribution in [2.24, 2.45) is 5.10 Å². The zero-order chi connectivity index (χ0) is 20.7. The number of amides is 1. The number of hydrogen-bond donors (Lipinski definition) is 1. The number of nitrogens with zero attached hydrogens (tertiary/aromatic N) is 2. The quantitative estimate of drug-likeness (QED) is 0.421. The third kappa shape index (κ3) is 6.08. The first kappa shape index (κ1) is 20.9. The number of nitro groups is 1. The minimum atomic E-state index is -0.559. The lowest BCUT2D eigenvalue weighted by molar-refractivity contribution is -0.384. The zero-order valence-corrected chi connectivity index (χ0v) is 16.2. The number of ether oxygens (including phenoxy) is 2. The molecule has 2 aromatic rings. The molecule has 2 aromatic carbocycles. The van der Waals surface area contributed by atoms with E-state index in [1.807, 2.05) is 27.7 Å². The maximum atomic E-state index is 12.1. The Bertz CT molecular complexity index is 878. The fourth-order valence-electron chi connectivity index (χ4n) is 2.31. The summed E-state index contributed by atoms with van der Waals surface area (Å²) < 4.78 is 11.5. The number of benzene rings is 2. The second kappa shape index (κ2) is 9.50. The van der Waals surface area contributed by atoms with E-state index in [-0.39, 0.29) is 23.5 Å². The van der Waals surface area contributed by atoms with Gasteiger partial charge in [0.15, 0.2) is 0 Å². The van der Waals surface area contributed by atoms with Gasteiger partial charge in [0.05, 0.1) is 23.3 Å². The summed E-state index contributed by atoms with van der Waals surface area (Å²) in [6.07, 6.45) is 1.42. The standard InChI is InChI=1S/C20H23N3O5/c1-13(2)27-18-9-8-16(19(11-18)28-14(3)4)12-21-22-20(24)15-6-5-7-17(10-15)23(25)26/h5-14H,1-4H3,(H,22,24)/b21-12+. The number of carbonyl (C=O) groups excluding carboxylic acids is 1. The fraction of sp³-hybridized carbons (Fsp3) is 0.300. The summed E-state index contributed by atoms with van der Waals surface area (Å²) in [5.41, 5.74) is 3.00. The maximum absolute atomic E-state index is 12.1. The van der Waals surface area contributed by atoms with Crippen LogP contribution in [0.2, 0.25) is 0 Å². The summed E-state index contributed by atoms with van der Waals surface area (Å²) in [4.78, 5) is 22.4. The monoisotopic (exact) mass is 385 g/mol. The van der Waals surface area contributed by atoms with Gasteiger partial charge in [0.25, 0.3) is 11.6 Å². The number of non-ortho nitro benzene ring substituents is 1. The highest BCUT2D eigenvalue weighted by Crippen LogP contribution is 2.25. The summed E-state index contributed by atoms with van der Waals surface area (Å²) >= 11 is 0. The van der Waals surface area contributed by atoms with Crippen LogP contribution in [0.15, 0.2) is 47.6 Å². The van der Waals surface area contributed by atoms with Gasteiger partial charge in [-0.05, 0) is 45.9 Å². The maximum Gasteiger partial charge on any atom is 0.271 e. The molecule has 0 saturated heterocycles. The molecule has 0 fully saturated rings. The van der Waals surface area contributed by atoms with Crippen LogP contribution in [-0.4, -0.2) is 29.3 Å². The van der Waals surface area contributed by atoms with Gasteiger partial charge in [-0.25, -0.2) is 5.43 Å². The van der Waals surface area contributed by atoms with Gasteiger partial charge in [0.1, 0.15) is 11.5 Å². The summed E-state index contributed by atoms with van der Waals surface area (Å²) in [6, 6.07) is 10.8. The van der Waals surface area contributed by atoms with Crippen molar-refractivity contribution in [1.29, 1.82) is 0 Å². The molecule has 0 radical (unpaired) electrons. The van der Waals surface area contributed by atoms with Gasteiger partial charge in [-0.3, -0.25) is 14.9 Å². The van der Waals surface area contributed by atoms with E-state index in [2.05, 4.69) is 10.5 Å². The van der Waals surface area contributed by atoms with E-state index >= 15 is 0 Å².